The normalized spacial score (nSPS) is 30.9. The molecule has 1 aliphatic carbocycles. The van der Waals surface area contributed by atoms with Crippen molar-refractivity contribution in [2.24, 2.45) is 5.92 Å². The molecule has 0 N–H and O–H groups in total. The van der Waals surface area contributed by atoms with Crippen LogP contribution in [-0.2, 0) is 0 Å². The molecule has 2 unspecified atom stereocenters. The van der Waals surface area contributed by atoms with Crippen molar-refractivity contribution in [1.82, 2.24) is 4.90 Å². The molecule has 0 aromatic heterocycles. The first-order valence-corrected chi connectivity index (χ1v) is 6.44. The van der Waals surface area contributed by atoms with Crippen molar-refractivity contribution in [2.45, 2.75) is 64.8 Å². The molecule has 0 heterocycles. The van der Waals surface area contributed by atoms with Gasteiger partial charge in [0, 0.05) is 6.04 Å². The summed E-state index contributed by atoms with van der Waals surface area (Å²) in [6.45, 7) is 5.91. The van der Waals surface area contributed by atoms with Crippen LogP contribution < -0.4 is 0 Å². The molecule has 0 spiro atoms. The van der Waals surface area contributed by atoms with E-state index in [0.717, 1.165) is 12.0 Å². The summed E-state index contributed by atoms with van der Waals surface area (Å²) >= 11 is 0. The predicted octanol–water partition coefficient (Wildman–Crippen LogP) is 3.69. The SMILES string of the molecule is CCN(C)C1CCCCCC(C)CC1. The molecule has 0 aliphatic heterocycles. The van der Waals surface area contributed by atoms with Crippen LogP contribution in [0, 0.1) is 5.92 Å². The number of hydrogen-bond donors (Lipinski definition) is 0. The van der Waals surface area contributed by atoms with E-state index in [0.29, 0.717) is 0 Å². The summed E-state index contributed by atoms with van der Waals surface area (Å²) < 4.78 is 0. The summed E-state index contributed by atoms with van der Waals surface area (Å²) in [7, 11) is 2.28. The average Bonchev–Trinajstić information content (AvgIpc) is 2.29. The molecule has 0 aromatic rings. The van der Waals surface area contributed by atoms with Crippen molar-refractivity contribution in [3.8, 4) is 0 Å². The molecule has 0 aromatic carbocycles. The van der Waals surface area contributed by atoms with E-state index in [1.54, 1.807) is 0 Å². The Labute approximate surface area is 89.9 Å². The molecule has 1 rings (SSSR count). The van der Waals surface area contributed by atoms with Crippen LogP contribution in [0.25, 0.3) is 0 Å². The Kier molecular flexibility index (Phi) is 5.54. The van der Waals surface area contributed by atoms with E-state index < -0.39 is 0 Å². The Morgan fingerprint density at radius 2 is 1.71 bits per heavy atom. The smallest absolute Gasteiger partial charge is 0.00921 e. The summed E-state index contributed by atoms with van der Waals surface area (Å²) in [5, 5.41) is 0. The zero-order valence-corrected chi connectivity index (χ0v) is 10.3. The number of rotatable bonds is 2. The maximum absolute atomic E-state index is 2.54. The van der Waals surface area contributed by atoms with E-state index in [1.165, 1.54) is 51.5 Å². The van der Waals surface area contributed by atoms with Gasteiger partial charge < -0.3 is 4.90 Å². The minimum Gasteiger partial charge on any atom is -0.304 e. The molecule has 1 nitrogen and oxygen atoms in total. The van der Waals surface area contributed by atoms with Gasteiger partial charge in [0.25, 0.3) is 0 Å². The molecular weight excluding hydrogens is 170 g/mol. The molecule has 1 aliphatic rings. The minimum atomic E-state index is 0.862. The molecule has 14 heavy (non-hydrogen) atoms. The fraction of sp³-hybridized carbons (Fsp3) is 1.00. The van der Waals surface area contributed by atoms with Crippen molar-refractivity contribution < 1.29 is 0 Å². The molecule has 1 fully saturated rings. The van der Waals surface area contributed by atoms with E-state index in [1.807, 2.05) is 0 Å². The van der Waals surface area contributed by atoms with Gasteiger partial charge in [-0.05, 0) is 38.8 Å². The van der Waals surface area contributed by atoms with Crippen LogP contribution >= 0.6 is 0 Å². The molecular formula is C13H27N. The van der Waals surface area contributed by atoms with Gasteiger partial charge in [-0.2, -0.15) is 0 Å². The Hall–Kier alpha value is -0.0400. The monoisotopic (exact) mass is 197 g/mol. The molecule has 0 radical (unpaired) electrons. The second-order valence-electron chi connectivity index (χ2n) is 5.05. The van der Waals surface area contributed by atoms with Crippen molar-refractivity contribution >= 4 is 0 Å². The molecule has 1 saturated carbocycles. The van der Waals surface area contributed by atoms with E-state index in [4.69, 9.17) is 0 Å². The molecule has 0 amide bonds. The molecule has 84 valence electrons. The molecule has 0 saturated heterocycles. The predicted molar refractivity (Wildman–Crippen MR) is 63.6 cm³/mol. The molecule has 1 heteroatoms. The van der Waals surface area contributed by atoms with Crippen LogP contribution in [0.15, 0.2) is 0 Å². The lowest BCUT2D eigenvalue weighted by Gasteiger charge is -2.27. The first kappa shape index (κ1) is 12.0. The van der Waals surface area contributed by atoms with Gasteiger partial charge in [0.1, 0.15) is 0 Å². The third-order valence-corrected chi connectivity index (χ3v) is 3.85. The summed E-state index contributed by atoms with van der Waals surface area (Å²) in [5.74, 6) is 0.959. The van der Waals surface area contributed by atoms with Gasteiger partial charge in [-0.1, -0.05) is 39.5 Å². The standard InChI is InChI=1S/C13H27N/c1-4-14(3)13-9-7-5-6-8-12(2)10-11-13/h12-13H,4-11H2,1-3H3. The van der Waals surface area contributed by atoms with E-state index in [9.17, 15) is 0 Å². The molecule has 2 atom stereocenters. The highest BCUT2D eigenvalue weighted by atomic mass is 15.1. The van der Waals surface area contributed by atoms with Gasteiger partial charge in [-0.25, -0.2) is 0 Å². The van der Waals surface area contributed by atoms with E-state index >= 15 is 0 Å². The van der Waals surface area contributed by atoms with Gasteiger partial charge in [-0.15, -0.1) is 0 Å². The second-order valence-corrected chi connectivity index (χ2v) is 5.05. The Bertz CT molecular complexity index is 144. The summed E-state index contributed by atoms with van der Waals surface area (Å²) in [4.78, 5) is 2.54. The maximum Gasteiger partial charge on any atom is 0.00921 e. The van der Waals surface area contributed by atoms with Crippen LogP contribution in [-0.4, -0.2) is 24.5 Å². The van der Waals surface area contributed by atoms with Gasteiger partial charge in [0.15, 0.2) is 0 Å². The number of hydrogen-bond acceptors (Lipinski definition) is 1. The van der Waals surface area contributed by atoms with Crippen LogP contribution in [0.2, 0.25) is 0 Å². The highest BCUT2D eigenvalue weighted by molar-refractivity contribution is 4.71. The average molecular weight is 197 g/mol. The fourth-order valence-electron chi connectivity index (χ4n) is 2.51. The van der Waals surface area contributed by atoms with Crippen LogP contribution in [0.5, 0.6) is 0 Å². The van der Waals surface area contributed by atoms with Gasteiger partial charge in [-0.3, -0.25) is 0 Å². The second kappa shape index (κ2) is 6.44. The Morgan fingerprint density at radius 3 is 2.43 bits per heavy atom. The third-order valence-electron chi connectivity index (χ3n) is 3.85. The minimum absolute atomic E-state index is 0.862. The lowest BCUT2D eigenvalue weighted by atomic mass is 9.97. The van der Waals surface area contributed by atoms with E-state index in [-0.39, 0.29) is 0 Å². The largest absolute Gasteiger partial charge is 0.304 e. The van der Waals surface area contributed by atoms with Crippen LogP contribution in [0.3, 0.4) is 0 Å². The third kappa shape index (κ3) is 4.00. The summed E-state index contributed by atoms with van der Waals surface area (Å²) in [6, 6.07) is 0.862. The first-order valence-electron chi connectivity index (χ1n) is 6.44. The van der Waals surface area contributed by atoms with Gasteiger partial charge in [0.2, 0.25) is 0 Å². The summed E-state index contributed by atoms with van der Waals surface area (Å²) in [6.07, 6.45) is 10.1. The van der Waals surface area contributed by atoms with Crippen molar-refractivity contribution in [2.75, 3.05) is 13.6 Å². The fourth-order valence-corrected chi connectivity index (χ4v) is 2.51. The summed E-state index contributed by atoms with van der Waals surface area (Å²) in [5.41, 5.74) is 0. The molecule has 0 bridgehead atoms. The highest BCUT2D eigenvalue weighted by Gasteiger charge is 2.16. The lowest BCUT2D eigenvalue weighted by Crippen LogP contribution is -2.31. The Balaban J connectivity index is 2.40. The van der Waals surface area contributed by atoms with Crippen LogP contribution in [0.4, 0.5) is 0 Å². The van der Waals surface area contributed by atoms with Crippen molar-refractivity contribution in [3.05, 3.63) is 0 Å². The van der Waals surface area contributed by atoms with Gasteiger partial charge >= 0.3 is 0 Å². The number of nitrogens with zero attached hydrogens (tertiary/aromatic N) is 1. The lowest BCUT2D eigenvalue weighted by molar-refractivity contribution is 0.218. The Morgan fingerprint density at radius 1 is 1.00 bits per heavy atom. The highest BCUT2D eigenvalue weighted by Crippen LogP contribution is 2.23. The van der Waals surface area contributed by atoms with Crippen molar-refractivity contribution in [1.29, 1.82) is 0 Å². The van der Waals surface area contributed by atoms with E-state index in [2.05, 4.69) is 25.8 Å². The van der Waals surface area contributed by atoms with Crippen molar-refractivity contribution in [3.63, 3.8) is 0 Å². The topological polar surface area (TPSA) is 3.24 Å². The first-order chi connectivity index (χ1) is 6.74. The van der Waals surface area contributed by atoms with Crippen LogP contribution in [0.1, 0.15) is 58.8 Å². The zero-order chi connectivity index (χ0) is 10.4. The van der Waals surface area contributed by atoms with Gasteiger partial charge in [0.05, 0.1) is 0 Å². The zero-order valence-electron chi connectivity index (χ0n) is 10.3. The quantitative estimate of drug-likeness (QED) is 0.652. The maximum atomic E-state index is 2.54.